The molecule has 0 amide bonds. The van der Waals surface area contributed by atoms with Crippen LogP contribution in [0.5, 0.6) is 0 Å². The second-order valence-corrected chi connectivity index (χ2v) is 8.99. The number of fused-ring (bicyclic) bond motifs is 1. The lowest BCUT2D eigenvalue weighted by Crippen LogP contribution is -2.12. The number of hydrogen-bond acceptors (Lipinski definition) is 7. The smallest absolute Gasteiger partial charge is 0.228 e. The quantitative estimate of drug-likeness (QED) is 0.377. The van der Waals surface area contributed by atoms with Crippen LogP contribution in [0.1, 0.15) is 16.7 Å². The van der Waals surface area contributed by atoms with Crippen LogP contribution in [-0.2, 0) is 19.2 Å². The Hall–Kier alpha value is -3.54. The first kappa shape index (κ1) is 21.3. The van der Waals surface area contributed by atoms with Crippen LogP contribution in [0.4, 0.5) is 17.5 Å². The summed E-state index contributed by atoms with van der Waals surface area (Å²) in [6.45, 7) is 0.847. The lowest BCUT2D eigenvalue weighted by atomic mass is 10.0. The van der Waals surface area contributed by atoms with E-state index in [4.69, 9.17) is 11.6 Å². The van der Waals surface area contributed by atoms with Crippen LogP contribution >= 0.6 is 23.5 Å². The molecular weight excluding hydrogens is 454 g/mol. The van der Waals surface area contributed by atoms with Crippen LogP contribution in [0.25, 0.3) is 11.3 Å². The van der Waals surface area contributed by atoms with Gasteiger partial charge < -0.3 is 9.62 Å². The van der Waals surface area contributed by atoms with Crippen molar-refractivity contribution in [2.45, 2.75) is 12.2 Å². The van der Waals surface area contributed by atoms with Crippen molar-refractivity contribution in [3.63, 3.8) is 0 Å². The zero-order chi connectivity index (χ0) is 22.8. The number of nitrogens with zero attached hydrogens (tertiary/aromatic N) is 6. The topological polar surface area (TPSA) is 82.7 Å². The number of rotatable bonds is 6. The van der Waals surface area contributed by atoms with E-state index in [0.717, 1.165) is 57.6 Å². The first-order valence-corrected chi connectivity index (χ1v) is 11.7. The molecule has 4 aromatic rings. The van der Waals surface area contributed by atoms with Crippen LogP contribution in [0.3, 0.4) is 0 Å². The summed E-state index contributed by atoms with van der Waals surface area (Å²) < 4.78 is 3.92. The largest absolute Gasteiger partial charge is 0.314 e. The van der Waals surface area contributed by atoms with Gasteiger partial charge in [-0.2, -0.15) is 10.4 Å². The molecule has 0 saturated carbocycles. The summed E-state index contributed by atoms with van der Waals surface area (Å²) in [7, 11) is 1.85. The van der Waals surface area contributed by atoms with Gasteiger partial charge in [0.15, 0.2) is 0 Å². The van der Waals surface area contributed by atoms with Crippen molar-refractivity contribution < 1.29 is 0 Å². The van der Waals surface area contributed by atoms with Crippen molar-refractivity contribution in [2.75, 3.05) is 16.2 Å². The Morgan fingerprint density at radius 1 is 1.18 bits per heavy atom. The van der Waals surface area contributed by atoms with Gasteiger partial charge in [-0.25, -0.2) is 9.97 Å². The number of aromatic nitrogens is 4. The third kappa shape index (κ3) is 4.38. The Kier molecular flexibility index (Phi) is 5.90. The van der Waals surface area contributed by atoms with E-state index in [-0.39, 0.29) is 0 Å². The van der Waals surface area contributed by atoms with Gasteiger partial charge in [0.25, 0.3) is 0 Å². The fourth-order valence-electron chi connectivity index (χ4n) is 3.83. The number of hydrogen-bond donors (Lipinski definition) is 1. The average molecular weight is 474 g/mol. The molecule has 0 aliphatic carbocycles. The van der Waals surface area contributed by atoms with E-state index in [9.17, 15) is 5.26 Å². The van der Waals surface area contributed by atoms with Gasteiger partial charge in [-0.1, -0.05) is 29.8 Å². The Morgan fingerprint density at radius 2 is 2.06 bits per heavy atom. The molecule has 0 atom stereocenters. The minimum Gasteiger partial charge on any atom is -0.314 e. The maximum absolute atomic E-state index is 9.91. The maximum Gasteiger partial charge on any atom is 0.228 e. The predicted octanol–water partition coefficient (Wildman–Crippen LogP) is 5.36. The molecule has 2 aromatic carbocycles. The molecule has 0 fully saturated rings. The van der Waals surface area contributed by atoms with Crippen molar-refractivity contribution in [3.8, 4) is 17.3 Å². The minimum absolute atomic E-state index is 0.479. The van der Waals surface area contributed by atoms with E-state index in [2.05, 4.69) is 36.8 Å². The summed E-state index contributed by atoms with van der Waals surface area (Å²) in [4.78, 5) is 8.98. The molecule has 7 nitrogen and oxygen atoms in total. The zero-order valence-corrected chi connectivity index (χ0v) is 19.4. The summed E-state index contributed by atoms with van der Waals surface area (Å²) >= 11 is 8.00. The van der Waals surface area contributed by atoms with Crippen molar-refractivity contribution in [1.29, 1.82) is 5.26 Å². The Balaban J connectivity index is 1.41. The van der Waals surface area contributed by atoms with Gasteiger partial charge in [0.1, 0.15) is 11.9 Å². The molecule has 3 heterocycles. The molecule has 0 saturated heterocycles. The van der Waals surface area contributed by atoms with Crippen LogP contribution in [0, 0.1) is 11.3 Å². The van der Waals surface area contributed by atoms with Crippen LogP contribution < -0.4 is 9.62 Å². The van der Waals surface area contributed by atoms with Gasteiger partial charge in [0.05, 0.1) is 23.1 Å². The number of benzene rings is 2. The SMILES string of the molecule is Cn1nccc1Nc1nccc(-c2cc(C#N)c3c(c2)CCN3SCc2ccccc2Cl)n1. The van der Waals surface area contributed by atoms with E-state index in [1.54, 1.807) is 29.0 Å². The van der Waals surface area contributed by atoms with Crippen LogP contribution in [-0.4, -0.2) is 26.3 Å². The van der Waals surface area contributed by atoms with Gasteiger partial charge in [-0.05, 0) is 53.8 Å². The maximum atomic E-state index is 9.91. The van der Waals surface area contributed by atoms with E-state index >= 15 is 0 Å². The Bertz CT molecular complexity index is 1360. The standard InChI is InChI=1S/C24H20ClN7S/c1-31-22(7-10-28-31)30-24-27-9-6-21(29-24)18-12-16-8-11-32(23(16)19(13-18)14-26)33-15-17-4-2-3-5-20(17)25/h2-7,9-10,12-13H,8,11,15H2,1H3,(H,27,29,30). The molecule has 1 N–H and O–H groups in total. The molecule has 9 heteroatoms. The summed E-state index contributed by atoms with van der Waals surface area (Å²) in [5, 5.41) is 18.0. The number of anilines is 3. The molecule has 5 rings (SSSR count). The van der Waals surface area contributed by atoms with Gasteiger partial charge >= 0.3 is 0 Å². The fourth-order valence-corrected chi connectivity index (χ4v) is 5.22. The number of halogens is 1. The molecule has 33 heavy (non-hydrogen) atoms. The van der Waals surface area contributed by atoms with E-state index in [1.807, 2.05) is 49.5 Å². The van der Waals surface area contributed by atoms with E-state index < -0.39 is 0 Å². The molecule has 0 unspecified atom stereocenters. The molecule has 0 bridgehead atoms. The van der Waals surface area contributed by atoms with E-state index in [1.165, 1.54) is 0 Å². The highest BCUT2D eigenvalue weighted by Crippen LogP contribution is 2.40. The van der Waals surface area contributed by atoms with Gasteiger partial charge in [-0.15, -0.1) is 0 Å². The predicted molar refractivity (Wildman–Crippen MR) is 132 cm³/mol. The lowest BCUT2D eigenvalue weighted by Gasteiger charge is -2.20. The first-order chi connectivity index (χ1) is 16.1. The van der Waals surface area contributed by atoms with E-state index in [0.29, 0.717) is 11.5 Å². The molecular formula is C24H20ClN7S. The van der Waals surface area contributed by atoms with Crippen molar-refractivity contribution >= 4 is 41.0 Å². The number of nitriles is 1. The molecule has 0 radical (unpaired) electrons. The fraction of sp³-hybridized carbons (Fsp3) is 0.167. The van der Waals surface area contributed by atoms with Gasteiger partial charge in [-0.3, -0.25) is 4.68 Å². The van der Waals surface area contributed by atoms with Crippen molar-refractivity contribution in [1.82, 2.24) is 19.7 Å². The summed E-state index contributed by atoms with van der Waals surface area (Å²) in [5.74, 6) is 2.03. The van der Waals surface area contributed by atoms with Crippen LogP contribution in [0.15, 0.2) is 60.9 Å². The second kappa shape index (κ2) is 9.14. The lowest BCUT2D eigenvalue weighted by molar-refractivity contribution is 0.775. The molecule has 1 aliphatic rings. The van der Waals surface area contributed by atoms with Crippen molar-refractivity contribution in [2.24, 2.45) is 7.05 Å². The van der Waals surface area contributed by atoms with Gasteiger partial charge in [0.2, 0.25) is 5.95 Å². The average Bonchev–Trinajstić information content (AvgIpc) is 3.44. The first-order valence-electron chi connectivity index (χ1n) is 10.4. The third-order valence-corrected chi connectivity index (χ3v) is 6.97. The van der Waals surface area contributed by atoms with Crippen LogP contribution in [0.2, 0.25) is 5.02 Å². The molecule has 2 aromatic heterocycles. The summed E-state index contributed by atoms with van der Waals surface area (Å²) in [6, 6.07) is 18.0. The molecule has 164 valence electrons. The zero-order valence-electron chi connectivity index (χ0n) is 17.9. The highest BCUT2D eigenvalue weighted by Gasteiger charge is 2.25. The monoisotopic (exact) mass is 473 g/mol. The van der Waals surface area contributed by atoms with Crippen molar-refractivity contribution in [3.05, 3.63) is 82.6 Å². The molecule has 1 aliphatic heterocycles. The normalized spacial score (nSPS) is 12.5. The third-order valence-electron chi connectivity index (χ3n) is 5.49. The number of nitrogens with one attached hydrogen (secondary N) is 1. The molecule has 0 spiro atoms. The Labute approximate surface area is 201 Å². The highest BCUT2D eigenvalue weighted by molar-refractivity contribution is 7.99. The minimum atomic E-state index is 0.479. The van der Waals surface area contributed by atoms with Gasteiger partial charge in [0, 0.05) is 42.2 Å². The number of aryl methyl sites for hydroxylation is 1. The second-order valence-electron chi connectivity index (χ2n) is 7.59. The summed E-state index contributed by atoms with van der Waals surface area (Å²) in [5.41, 5.74) is 5.53. The summed E-state index contributed by atoms with van der Waals surface area (Å²) in [6.07, 6.45) is 4.30. The highest BCUT2D eigenvalue weighted by atomic mass is 35.5. The Morgan fingerprint density at radius 3 is 2.85 bits per heavy atom.